The Balaban J connectivity index is 2.29. The van der Waals surface area contributed by atoms with Gasteiger partial charge in [0.05, 0.1) is 25.1 Å². The summed E-state index contributed by atoms with van der Waals surface area (Å²) >= 11 is 0. The number of hydrogen-bond acceptors (Lipinski definition) is 3. The van der Waals surface area contributed by atoms with Crippen molar-refractivity contribution in [3.8, 4) is 5.75 Å². The van der Waals surface area contributed by atoms with E-state index in [1.54, 1.807) is 12.1 Å². The summed E-state index contributed by atoms with van der Waals surface area (Å²) in [5, 5.41) is 0. The lowest BCUT2D eigenvalue weighted by Crippen LogP contribution is -2.16. The van der Waals surface area contributed by atoms with Gasteiger partial charge in [0.15, 0.2) is 0 Å². The lowest BCUT2D eigenvalue weighted by Gasteiger charge is -2.08. The molecule has 0 spiro atoms. The van der Waals surface area contributed by atoms with Crippen molar-refractivity contribution in [2.24, 2.45) is 0 Å². The van der Waals surface area contributed by atoms with Crippen LogP contribution in [0, 0.1) is 0 Å². The Morgan fingerprint density at radius 1 is 1.32 bits per heavy atom. The van der Waals surface area contributed by atoms with E-state index >= 15 is 0 Å². The zero-order valence-corrected chi connectivity index (χ0v) is 10.4. The topological polar surface area (TPSA) is 31.4 Å². The van der Waals surface area contributed by atoms with E-state index in [0.29, 0.717) is 18.1 Å². The first-order chi connectivity index (χ1) is 9.01. The quantitative estimate of drug-likeness (QED) is 0.537. The Kier molecular flexibility index (Phi) is 6.35. The molecule has 0 bridgehead atoms. The molecule has 1 rings (SSSR count). The van der Waals surface area contributed by atoms with Crippen LogP contribution in [0.1, 0.15) is 18.5 Å². The van der Waals surface area contributed by atoms with Crippen molar-refractivity contribution < 1.29 is 22.6 Å². The standard InChI is InChI=1S/C13H16F3NO2/c1-2-3-4-7-19-12-6-5-11(17-8-12)9-18-10-13(14,15)16/h2,5-6,8H,1,3-4,7,9-10H2. The summed E-state index contributed by atoms with van der Waals surface area (Å²) in [6, 6.07) is 3.24. The van der Waals surface area contributed by atoms with Crippen molar-refractivity contribution in [2.45, 2.75) is 25.6 Å². The van der Waals surface area contributed by atoms with E-state index < -0.39 is 12.8 Å². The fraction of sp³-hybridized carbons (Fsp3) is 0.462. The highest BCUT2D eigenvalue weighted by atomic mass is 19.4. The molecule has 0 amide bonds. The molecule has 6 heteroatoms. The number of ether oxygens (including phenoxy) is 2. The largest absolute Gasteiger partial charge is 0.492 e. The third kappa shape index (κ3) is 7.46. The number of hydrogen-bond donors (Lipinski definition) is 0. The Morgan fingerprint density at radius 3 is 2.68 bits per heavy atom. The number of rotatable bonds is 8. The highest BCUT2D eigenvalue weighted by Gasteiger charge is 2.27. The summed E-state index contributed by atoms with van der Waals surface area (Å²) in [5.74, 6) is 0.587. The van der Waals surface area contributed by atoms with Crippen LogP contribution in [-0.4, -0.2) is 24.4 Å². The first kappa shape index (κ1) is 15.5. The molecule has 0 fully saturated rings. The van der Waals surface area contributed by atoms with E-state index in [9.17, 15) is 13.2 Å². The smallest absolute Gasteiger partial charge is 0.411 e. The maximum atomic E-state index is 11.9. The predicted octanol–water partition coefficient (Wildman–Crippen LogP) is 3.51. The normalized spacial score (nSPS) is 11.3. The highest BCUT2D eigenvalue weighted by Crippen LogP contribution is 2.16. The third-order valence-corrected chi connectivity index (χ3v) is 2.13. The molecule has 0 atom stereocenters. The van der Waals surface area contributed by atoms with Gasteiger partial charge in [0.1, 0.15) is 12.4 Å². The van der Waals surface area contributed by atoms with Gasteiger partial charge in [0, 0.05) is 0 Å². The average molecular weight is 275 g/mol. The van der Waals surface area contributed by atoms with Crippen molar-refractivity contribution in [3.05, 3.63) is 36.7 Å². The minimum atomic E-state index is -4.31. The van der Waals surface area contributed by atoms with E-state index in [-0.39, 0.29) is 6.61 Å². The highest BCUT2D eigenvalue weighted by molar-refractivity contribution is 5.19. The van der Waals surface area contributed by atoms with Gasteiger partial charge in [0.2, 0.25) is 0 Å². The minimum Gasteiger partial charge on any atom is -0.492 e. The summed E-state index contributed by atoms with van der Waals surface area (Å²) in [6.07, 6.45) is 0.702. The number of unbranched alkanes of at least 4 members (excludes halogenated alkanes) is 1. The van der Waals surface area contributed by atoms with Crippen LogP contribution in [0.5, 0.6) is 5.75 Å². The number of pyridine rings is 1. The lowest BCUT2D eigenvalue weighted by molar-refractivity contribution is -0.176. The number of halogens is 3. The SMILES string of the molecule is C=CCCCOc1ccc(COCC(F)(F)F)nc1. The van der Waals surface area contributed by atoms with Gasteiger partial charge in [0.25, 0.3) is 0 Å². The molecule has 0 aromatic carbocycles. The second kappa shape index (κ2) is 7.78. The van der Waals surface area contributed by atoms with Gasteiger partial charge in [-0.25, -0.2) is 0 Å². The van der Waals surface area contributed by atoms with Gasteiger partial charge in [-0.15, -0.1) is 6.58 Å². The summed E-state index contributed by atoms with van der Waals surface area (Å²) in [5.41, 5.74) is 0.433. The van der Waals surface area contributed by atoms with E-state index in [1.807, 2.05) is 6.08 Å². The average Bonchev–Trinajstić information content (AvgIpc) is 2.35. The molecule has 0 radical (unpaired) electrons. The van der Waals surface area contributed by atoms with Gasteiger partial charge in [-0.05, 0) is 25.0 Å². The monoisotopic (exact) mass is 275 g/mol. The molecule has 0 aliphatic carbocycles. The Labute approximate surface area is 110 Å². The van der Waals surface area contributed by atoms with Crippen molar-refractivity contribution in [3.63, 3.8) is 0 Å². The van der Waals surface area contributed by atoms with E-state index in [0.717, 1.165) is 12.8 Å². The molecule has 0 saturated heterocycles. The summed E-state index contributed by atoms with van der Waals surface area (Å²) in [6.45, 7) is 2.71. The molecule has 19 heavy (non-hydrogen) atoms. The van der Waals surface area contributed by atoms with Crippen LogP contribution in [0.4, 0.5) is 13.2 Å². The van der Waals surface area contributed by atoms with Crippen molar-refractivity contribution >= 4 is 0 Å². The Morgan fingerprint density at radius 2 is 2.11 bits per heavy atom. The fourth-order valence-electron chi connectivity index (χ4n) is 1.27. The summed E-state index contributed by atoms with van der Waals surface area (Å²) in [7, 11) is 0. The van der Waals surface area contributed by atoms with Crippen molar-refractivity contribution in [1.82, 2.24) is 4.98 Å². The number of nitrogens with zero attached hydrogens (tertiary/aromatic N) is 1. The van der Waals surface area contributed by atoms with E-state index in [2.05, 4.69) is 16.3 Å². The summed E-state index contributed by atoms with van der Waals surface area (Å²) < 4.78 is 45.4. The van der Waals surface area contributed by atoms with Gasteiger partial charge in [-0.1, -0.05) is 6.08 Å². The van der Waals surface area contributed by atoms with Crippen LogP contribution < -0.4 is 4.74 Å². The van der Waals surface area contributed by atoms with E-state index in [1.165, 1.54) is 6.20 Å². The number of alkyl halides is 3. The molecule has 0 unspecified atom stereocenters. The molecule has 0 aliphatic heterocycles. The minimum absolute atomic E-state index is 0.170. The van der Waals surface area contributed by atoms with Crippen LogP contribution in [0.2, 0.25) is 0 Å². The number of aromatic nitrogens is 1. The van der Waals surface area contributed by atoms with Crippen LogP contribution in [0.15, 0.2) is 31.0 Å². The molecular weight excluding hydrogens is 259 g/mol. The second-order valence-corrected chi connectivity index (χ2v) is 3.87. The molecular formula is C13H16F3NO2. The van der Waals surface area contributed by atoms with Gasteiger partial charge >= 0.3 is 6.18 Å². The zero-order chi connectivity index (χ0) is 14.1. The second-order valence-electron chi connectivity index (χ2n) is 3.87. The Bertz CT molecular complexity index is 376. The maximum absolute atomic E-state index is 11.9. The van der Waals surface area contributed by atoms with Crippen LogP contribution in [0.25, 0.3) is 0 Å². The fourth-order valence-corrected chi connectivity index (χ4v) is 1.27. The molecule has 1 aromatic rings. The van der Waals surface area contributed by atoms with Crippen LogP contribution in [0.3, 0.4) is 0 Å². The first-order valence-corrected chi connectivity index (χ1v) is 5.84. The molecule has 1 aromatic heterocycles. The molecule has 1 heterocycles. The van der Waals surface area contributed by atoms with Crippen molar-refractivity contribution in [2.75, 3.05) is 13.2 Å². The molecule has 106 valence electrons. The van der Waals surface area contributed by atoms with Crippen molar-refractivity contribution in [1.29, 1.82) is 0 Å². The molecule has 0 saturated carbocycles. The third-order valence-electron chi connectivity index (χ3n) is 2.13. The van der Waals surface area contributed by atoms with Gasteiger partial charge < -0.3 is 9.47 Å². The number of allylic oxidation sites excluding steroid dienone is 1. The Hall–Kier alpha value is -1.56. The molecule has 0 N–H and O–H groups in total. The van der Waals surface area contributed by atoms with E-state index in [4.69, 9.17) is 4.74 Å². The lowest BCUT2D eigenvalue weighted by atomic mass is 10.3. The molecule has 0 aliphatic rings. The van der Waals surface area contributed by atoms with Gasteiger partial charge in [-0.2, -0.15) is 13.2 Å². The zero-order valence-electron chi connectivity index (χ0n) is 10.4. The first-order valence-electron chi connectivity index (χ1n) is 5.84. The maximum Gasteiger partial charge on any atom is 0.411 e. The predicted molar refractivity (Wildman–Crippen MR) is 64.9 cm³/mol. The van der Waals surface area contributed by atoms with Gasteiger partial charge in [-0.3, -0.25) is 4.98 Å². The van der Waals surface area contributed by atoms with Crippen LogP contribution in [-0.2, 0) is 11.3 Å². The van der Waals surface area contributed by atoms with Crippen LogP contribution >= 0.6 is 0 Å². The summed E-state index contributed by atoms with van der Waals surface area (Å²) in [4.78, 5) is 3.96. The molecule has 3 nitrogen and oxygen atoms in total.